The summed E-state index contributed by atoms with van der Waals surface area (Å²) in [6.45, 7) is 5.90. The van der Waals surface area contributed by atoms with Crippen molar-refractivity contribution in [2.75, 3.05) is 13.1 Å². The lowest BCUT2D eigenvalue weighted by atomic mass is 9.86. The first-order valence-electron chi connectivity index (χ1n) is 12.7. The lowest BCUT2D eigenvalue weighted by Crippen LogP contribution is -2.57. The first kappa shape index (κ1) is 22.7. The zero-order valence-electron chi connectivity index (χ0n) is 20.6. The average molecular weight is 480 g/mol. The van der Waals surface area contributed by atoms with Crippen LogP contribution in [-0.4, -0.2) is 61.9 Å². The largest absolute Gasteiger partial charge is 0.474 e. The Labute approximate surface area is 205 Å². The van der Waals surface area contributed by atoms with Crippen molar-refractivity contribution in [1.82, 2.24) is 24.4 Å². The third-order valence-electron chi connectivity index (χ3n) is 7.87. The molecule has 7 rings (SSSR count). The van der Waals surface area contributed by atoms with Gasteiger partial charge in [-0.2, -0.15) is 4.98 Å². The fourth-order valence-corrected chi connectivity index (χ4v) is 5.97. The van der Waals surface area contributed by atoms with Gasteiger partial charge in [0, 0.05) is 50.4 Å². The minimum Gasteiger partial charge on any atom is -0.474 e. The molecule has 0 amide bonds. The van der Waals surface area contributed by atoms with Crippen molar-refractivity contribution in [3.8, 4) is 5.88 Å². The van der Waals surface area contributed by atoms with Gasteiger partial charge in [0.1, 0.15) is 18.0 Å². The maximum Gasteiger partial charge on any atom is 0.269 e. The molecule has 4 atom stereocenters. The van der Waals surface area contributed by atoms with Crippen molar-refractivity contribution in [2.24, 2.45) is 13.0 Å². The van der Waals surface area contributed by atoms with Crippen LogP contribution in [0, 0.1) is 12.8 Å². The minimum atomic E-state index is -0.220. The second-order valence-corrected chi connectivity index (χ2v) is 10.3. The number of rotatable bonds is 5. The Kier molecular flexibility index (Phi) is 5.84. The van der Waals surface area contributed by atoms with E-state index in [9.17, 15) is 4.79 Å². The first-order chi connectivity index (χ1) is 16.9. The SMILES string of the molecule is Cc1nccc(OC2CCC(OC3c4c(ncc(=O)n4C)C=C(N4CC5CC(C4)O5)C3C)CC2)n1. The van der Waals surface area contributed by atoms with Crippen LogP contribution in [0.4, 0.5) is 0 Å². The van der Waals surface area contributed by atoms with Gasteiger partial charge in [0.25, 0.3) is 5.56 Å². The number of piperidine rings is 1. The minimum absolute atomic E-state index is 0.105. The summed E-state index contributed by atoms with van der Waals surface area (Å²) in [6.07, 6.45) is 10.7. The molecule has 2 aromatic rings. The average Bonchev–Trinajstić information content (AvgIpc) is 2.84. The summed E-state index contributed by atoms with van der Waals surface area (Å²) >= 11 is 0. The zero-order valence-corrected chi connectivity index (χ0v) is 20.6. The first-order valence-corrected chi connectivity index (χ1v) is 12.7. The number of fused-ring (bicyclic) bond motifs is 3. The molecule has 186 valence electrons. The predicted octanol–water partition coefficient (Wildman–Crippen LogP) is 2.79. The highest BCUT2D eigenvalue weighted by atomic mass is 16.5. The second-order valence-electron chi connectivity index (χ2n) is 10.3. The van der Waals surface area contributed by atoms with Crippen LogP contribution in [0.2, 0.25) is 0 Å². The Morgan fingerprint density at radius 2 is 1.80 bits per heavy atom. The highest BCUT2D eigenvalue weighted by Crippen LogP contribution is 2.43. The summed E-state index contributed by atoms with van der Waals surface area (Å²) in [7, 11) is 1.82. The zero-order chi connectivity index (χ0) is 24.1. The van der Waals surface area contributed by atoms with Gasteiger partial charge in [-0.25, -0.2) is 9.97 Å². The van der Waals surface area contributed by atoms with Crippen molar-refractivity contribution < 1.29 is 14.2 Å². The van der Waals surface area contributed by atoms with Crippen LogP contribution in [0.1, 0.15) is 62.3 Å². The van der Waals surface area contributed by atoms with Gasteiger partial charge in [0.15, 0.2) is 0 Å². The van der Waals surface area contributed by atoms with E-state index < -0.39 is 0 Å². The van der Waals surface area contributed by atoms with Crippen LogP contribution in [0.3, 0.4) is 0 Å². The van der Waals surface area contributed by atoms with E-state index in [4.69, 9.17) is 14.2 Å². The molecule has 4 unspecified atom stereocenters. The molecule has 0 radical (unpaired) electrons. The van der Waals surface area contributed by atoms with Crippen molar-refractivity contribution in [3.05, 3.63) is 51.7 Å². The van der Waals surface area contributed by atoms with Gasteiger partial charge in [0.05, 0.1) is 35.9 Å². The molecular formula is C26H33N5O4. The molecule has 1 saturated carbocycles. The quantitative estimate of drug-likeness (QED) is 0.647. The summed E-state index contributed by atoms with van der Waals surface area (Å²) in [4.78, 5) is 27.9. The molecule has 0 aromatic carbocycles. The number of ether oxygens (including phenoxy) is 3. The number of hydrogen-bond donors (Lipinski definition) is 0. The molecule has 2 bridgehead atoms. The topological polar surface area (TPSA) is 91.6 Å². The highest BCUT2D eigenvalue weighted by molar-refractivity contribution is 5.56. The summed E-state index contributed by atoms with van der Waals surface area (Å²) in [5.41, 5.74) is 2.84. The fraction of sp³-hybridized carbons (Fsp3) is 0.615. The van der Waals surface area contributed by atoms with Crippen LogP contribution >= 0.6 is 0 Å². The number of hydrogen-bond acceptors (Lipinski definition) is 8. The standard InChI is InChI=1S/C26H33N5O4/c1-15-22(31-13-19-10-20(14-31)33-19)11-21-25(30(3)24(32)12-28-21)26(15)35-18-6-4-17(5-7-18)34-23-8-9-27-16(2)29-23/h8-9,11-12,15,17-20,26H,4-7,10,13-14H2,1-3H3. The molecule has 5 heterocycles. The van der Waals surface area contributed by atoms with E-state index in [-0.39, 0.29) is 29.8 Å². The van der Waals surface area contributed by atoms with Crippen molar-refractivity contribution in [2.45, 2.75) is 76.5 Å². The molecule has 0 N–H and O–H groups in total. The number of aryl methyl sites for hydroxylation is 1. The summed E-state index contributed by atoms with van der Waals surface area (Å²) in [6, 6.07) is 1.81. The molecule has 3 aliphatic heterocycles. The van der Waals surface area contributed by atoms with Crippen molar-refractivity contribution >= 4 is 6.08 Å². The van der Waals surface area contributed by atoms with Crippen LogP contribution in [0.5, 0.6) is 5.88 Å². The molecule has 2 aromatic heterocycles. The Balaban J connectivity index is 1.18. The lowest BCUT2D eigenvalue weighted by molar-refractivity contribution is -0.177. The Hall–Kier alpha value is -2.78. The molecule has 3 saturated heterocycles. The van der Waals surface area contributed by atoms with E-state index in [0.29, 0.717) is 23.9 Å². The van der Waals surface area contributed by atoms with Gasteiger partial charge >= 0.3 is 0 Å². The van der Waals surface area contributed by atoms with Crippen molar-refractivity contribution in [3.63, 3.8) is 0 Å². The Bertz CT molecular complexity index is 1170. The van der Waals surface area contributed by atoms with Gasteiger partial charge in [-0.3, -0.25) is 4.79 Å². The predicted molar refractivity (Wildman–Crippen MR) is 129 cm³/mol. The van der Waals surface area contributed by atoms with Crippen LogP contribution in [-0.2, 0) is 16.5 Å². The number of morpholine rings is 1. The third kappa shape index (κ3) is 4.36. The lowest BCUT2D eigenvalue weighted by Gasteiger charge is -2.50. The molecule has 2 aliphatic carbocycles. The van der Waals surface area contributed by atoms with Crippen LogP contribution < -0.4 is 10.3 Å². The molecule has 9 heteroatoms. The normalized spacial score (nSPS) is 31.9. The van der Waals surface area contributed by atoms with E-state index in [1.54, 1.807) is 10.8 Å². The number of aromatic nitrogens is 4. The van der Waals surface area contributed by atoms with Gasteiger partial charge in [-0.15, -0.1) is 0 Å². The Morgan fingerprint density at radius 1 is 1.09 bits per heavy atom. The van der Waals surface area contributed by atoms with E-state index in [2.05, 4.69) is 32.9 Å². The maximum atomic E-state index is 12.5. The van der Waals surface area contributed by atoms with E-state index in [1.165, 1.54) is 11.9 Å². The van der Waals surface area contributed by atoms with Gasteiger partial charge in [-0.05, 0) is 38.7 Å². The fourth-order valence-electron chi connectivity index (χ4n) is 5.97. The van der Waals surface area contributed by atoms with E-state index >= 15 is 0 Å². The van der Waals surface area contributed by atoms with Gasteiger partial charge < -0.3 is 23.7 Å². The molecule has 9 nitrogen and oxygen atoms in total. The molecule has 4 fully saturated rings. The Morgan fingerprint density at radius 3 is 2.51 bits per heavy atom. The molecule has 5 aliphatic rings. The van der Waals surface area contributed by atoms with Gasteiger partial charge in [0.2, 0.25) is 5.88 Å². The number of nitrogens with zero attached hydrogens (tertiary/aromatic N) is 5. The van der Waals surface area contributed by atoms with Gasteiger partial charge in [-0.1, -0.05) is 6.92 Å². The summed E-state index contributed by atoms with van der Waals surface area (Å²) < 4.78 is 20.5. The van der Waals surface area contributed by atoms with Crippen molar-refractivity contribution in [1.29, 1.82) is 0 Å². The molecular weight excluding hydrogens is 446 g/mol. The molecule has 0 spiro atoms. The smallest absolute Gasteiger partial charge is 0.269 e. The summed E-state index contributed by atoms with van der Waals surface area (Å²) in [5.74, 6) is 1.47. The third-order valence-corrected chi connectivity index (χ3v) is 7.87. The monoisotopic (exact) mass is 479 g/mol. The second kappa shape index (κ2) is 9.02. The van der Waals surface area contributed by atoms with E-state index in [0.717, 1.165) is 56.6 Å². The highest BCUT2D eigenvalue weighted by Gasteiger charge is 2.43. The van der Waals surface area contributed by atoms with Crippen LogP contribution in [0.15, 0.2) is 29.0 Å². The molecule has 35 heavy (non-hydrogen) atoms. The maximum absolute atomic E-state index is 12.5. The van der Waals surface area contributed by atoms with Crippen LogP contribution in [0.25, 0.3) is 6.08 Å². The van der Waals surface area contributed by atoms with E-state index in [1.807, 2.05) is 20.0 Å². The summed E-state index contributed by atoms with van der Waals surface area (Å²) in [5, 5.41) is 0.